The lowest BCUT2D eigenvalue weighted by atomic mass is 9.95. The molecular weight excluding hydrogens is 554 g/mol. The Balaban J connectivity index is 1.93. The second kappa shape index (κ2) is 13.1. The fourth-order valence-corrected chi connectivity index (χ4v) is 5.69. The fraction of sp³-hybridized carbons (Fsp3) is 0.462. The quantitative estimate of drug-likeness (QED) is 0.440. The average Bonchev–Trinajstić information content (AvgIpc) is 2.88. The zero-order valence-corrected chi connectivity index (χ0v) is 24.0. The molecule has 1 N–H and O–H groups in total. The molecule has 1 atom stereocenters. The van der Waals surface area contributed by atoms with Crippen LogP contribution in [0.15, 0.2) is 42.5 Å². The third kappa shape index (κ3) is 7.59. The van der Waals surface area contributed by atoms with Crippen LogP contribution in [0, 0.1) is 5.82 Å². The van der Waals surface area contributed by atoms with Gasteiger partial charge in [0.05, 0.1) is 15.7 Å². The number of anilines is 1. The number of carbonyl (C=O) groups is 2. The van der Waals surface area contributed by atoms with Crippen LogP contribution in [0.4, 0.5) is 10.1 Å². The summed E-state index contributed by atoms with van der Waals surface area (Å²) in [6.45, 7) is 0.999. The largest absolute Gasteiger partial charge is 0.352 e. The maximum atomic E-state index is 13.7. The molecule has 0 spiro atoms. The Kier molecular flexibility index (Phi) is 10.4. The summed E-state index contributed by atoms with van der Waals surface area (Å²) in [4.78, 5) is 28.3. The third-order valence-electron chi connectivity index (χ3n) is 6.59. The molecule has 0 aliphatic heterocycles. The first-order valence-corrected chi connectivity index (χ1v) is 14.5. The molecule has 3 rings (SSSR count). The van der Waals surface area contributed by atoms with Gasteiger partial charge in [-0.3, -0.25) is 9.59 Å². The molecule has 8 nitrogen and oxygen atoms in total. The maximum Gasteiger partial charge on any atom is 0.304 e. The minimum absolute atomic E-state index is 0.00571. The zero-order valence-electron chi connectivity index (χ0n) is 21.7. The highest BCUT2D eigenvalue weighted by Gasteiger charge is 2.33. The Morgan fingerprint density at radius 3 is 2.24 bits per heavy atom. The van der Waals surface area contributed by atoms with E-state index < -0.39 is 34.5 Å². The van der Waals surface area contributed by atoms with E-state index >= 15 is 0 Å². The molecular formula is C26H33Cl2FN4O4S. The van der Waals surface area contributed by atoms with Crippen molar-refractivity contribution in [1.82, 2.24) is 14.5 Å². The number of nitrogens with zero attached hydrogens (tertiary/aromatic N) is 3. The van der Waals surface area contributed by atoms with Crippen molar-refractivity contribution in [3.63, 3.8) is 0 Å². The molecule has 0 unspecified atom stereocenters. The van der Waals surface area contributed by atoms with Gasteiger partial charge in [-0.05, 0) is 61.7 Å². The zero-order chi connectivity index (χ0) is 28.0. The summed E-state index contributed by atoms with van der Waals surface area (Å²) < 4.78 is 41.7. The second-order valence-electron chi connectivity index (χ2n) is 9.56. The van der Waals surface area contributed by atoms with Gasteiger partial charge in [0.1, 0.15) is 18.4 Å². The van der Waals surface area contributed by atoms with Crippen LogP contribution in [0.25, 0.3) is 0 Å². The van der Waals surface area contributed by atoms with Crippen molar-refractivity contribution in [2.24, 2.45) is 0 Å². The lowest BCUT2D eigenvalue weighted by molar-refractivity contribution is -0.139. The first-order valence-electron chi connectivity index (χ1n) is 12.4. The van der Waals surface area contributed by atoms with Crippen LogP contribution in [-0.4, -0.2) is 62.2 Å². The van der Waals surface area contributed by atoms with Gasteiger partial charge in [0, 0.05) is 26.7 Å². The van der Waals surface area contributed by atoms with Crippen LogP contribution in [0.5, 0.6) is 0 Å². The van der Waals surface area contributed by atoms with E-state index in [1.165, 1.54) is 31.1 Å². The number of amides is 2. The number of rotatable bonds is 10. The summed E-state index contributed by atoms with van der Waals surface area (Å²) in [5, 5.41) is 3.67. The minimum atomic E-state index is -4.13. The topological polar surface area (TPSA) is 90.0 Å². The van der Waals surface area contributed by atoms with Gasteiger partial charge in [-0.15, -0.1) is 0 Å². The number of hydrogen-bond donors (Lipinski definition) is 1. The molecule has 12 heteroatoms. The summed E-state index contributed by atoms with van der Waals surface area (Å²) in [6, 6.07) is 8.81. The molecule has 1 saturated carbocycles. The number of nitrogens with one attached hydrogen (secondary N) is 1. The monoisotopic (exact) mass is 586 g/mol. The van der Waals surface area contributed by atoms with Gasteiger partial charge >= 0.3 is 10.2 Å². The Morgan fingerprint density at radius 1 is 1.03 bits per heavy atom. The molecule has 0 aromatic heterocycles. The van der Waals surface area contributed by atoms with Crippen LogP contribution in [0.3, 0.4) is 0 Å². The number of benzene rings is 2. The molecule has 2 aromatic carbocycles. The van der Waals surface area contributed by atoms with Crippen LogP contribution in [0.1, 0.15) is 44.6 Å². The van der Waals surface area contributed by atoms with Gasteiger partial charge in [0.2, 0.25) is 11.8 Å². The van der Waals surface area contributed by atoms with E-state index in [0.717, 1.165) is 52.8 Å². The summed E-state index contributed by atoms with van der Waals surface area (Å²) >= 11 is 12.2. The van der Waals surface area contributed by atoms with E-state index in [1.807, 2.05) is 0 Å². The van der Waals surface area contributed by atoms with Crippen molar-refractivity contribution < 1.29 is 22.4 Å². The first-order chi connectivity index (χ1) is 17.9. The second-order valence-corrected chi connectivity index (χ2v) is 12.4. The Labute approximate surface area is 233 Å². The molecule has 1 aliphatic carbocycles. The van der Waals surface area contributed by atoms with Gasteiger partial charge in [0.15, 0.2) is 0 Å². The van der Waals surface area contributed by atoms with Gasteiger partial charge in [-0.1, -0.05) is 48.5 Å². The molecule has 0 radical (unpaired) electrons. The van der Waals surface area contributed by atoms with Crippen molar-refractivity contribution in [2.75, 3.05) is 24.9 Å². The first kappa shape index (κ1) is 30.1. The van der Waals surface area contributed by atoms with Gasteiger partial charge in [-0.25, -0.2) is 8.70 Å². The predicted octanol–water partition coefficient (Wildman–Crippen LogP) is 4.61. The molecule has 38 heavy (non-hydrogen) atoms. The highest BCUT2D eigenvalue weighted by molar-refractivity contribution is 7.90. The summed E-state index contributed by atoms with van der Waals surface area (Å²) in [6.07, 6.45) is 4.93. The molecule has 208 valence electrons. The van der Waals surface area contributed by atoms with E-state index in [0.29, 0.717) is 15.6 Å². The maximum absolute atomic E-state index is 13.7. The van der Waals surface area contributed by atoms with Crippen LogP contribution in [-0.2, 0) is 26.3 Å². The van der Waals surface area contributed by atoms with Gasteiger partial charge in [0.25, 0.3) is 0 Å². The van der Waals surface area contributed by atoms with Crippen LogP contribution < -0.4 is 9.62 Å². The Bertz CT molecular complexity index is 1240. The van der Waals surface area contributed by atoms with Crippen molar-refractivity contribution >= 4 is 50.9 Å². The van der Waals surface area contributed by atoms with E-state index in [4.69, 9.17) is 23.2 Å². The average molecular weight is 588 g/mol. The number of carbonyl (C=O) groups excluding carboxylic acids is 2. The minimum Gasteiger partial charge on any atom is -0.352 e. The number of halogens is 3. The highest BCUT2D eigenvalue weighted by atomic mass is 35.5. The van der Waals surface area contributed by atoms with Gasteiger partial charge in [-0.2, -0.15) is 12.7 Å². The predicted molar refractivity (Wildman–Crippen MR) is 148 cm³/mol. The molecule has 0 saturated heterocycles. The fourth-order valence-electron chi connectivity index (χ4n) is 4.31. The SMILES string of the molecule is C[C@H](C(=O)NC1CCCCC1)N(Cc1ccc(Cl)c(Cl)c1)C(=O)CN(c1ccc(F)cc1)S(=O)(=O)N(C)C. The van der Waals surface area contributed by atoms with E-state index in [1.54, 1.807) is 25.1 Å². The van der Waals surface area contributed by atoms with E-state index in [-0.39, 0.29) is 24.2 Å². The molecule has 2 amide bonds. The van der Waals surface area contributed by atoms with Crippen molar-refractivity contribution in [3.8, 4) is 0 Å². The van der Waals surface area contributed by atoms with Crippen molar-refractivity contribution in [1.29, 1.82) is 0 Å². The van der Waals surface area contributed by atoms with Crippen molar-refractivity contribution in [3.05, 3.63) is 63.9 Å². The van der Waals surface area contributed by atoms with Crippen LogP contribution in [0.2, 0.25) is 10.0 Å². The standard InChI is InChI=1S/C26H33Cl2FN4O4S/c1-18(26(35)30-21-7-5-4-6-8-21)32(16-19-9-14-23(27)24(28)15-19)25(34)17-33(38(36,37)31(2)3)22-12-10-20(29)11-13-22/h9-15,18,21H,4-8,16-17H2,1-3H3,(H,30,35)/t18-/m1/s1. The lowest BCUT2D eigenvalue weighted by Gasteiger charge is -2.34. The molecule has 1 fully saturated rings. The molecule has 2 aromatic rings. The summed E-state index contributed by atoms with van der Waals surface area (Å²) in [7, 11) is -1.45. The van der Waals surface area contributed by atoms with E-state index in [2.05, 4.69) is 5.32 Å². The molecule has 0 heterocycles. The summed E-state index contributed by atoms with van der Waals surface area (Å²) in [5.41, 5.74) is 0.733. The normalized spacial score (nSPS) is 15.2. The lowest BCUT2D eigenvalue weighted by Crippen LogP contribution is -2.53. The number of hydrogen-bond acceptors (Lipinski definition) is 4. The van der Waals surface area contributed by atoms with Crippen molar-refractivity contribution in [2.45, 2.75) is 57.7 Å². The molecule has 0 bridgehead atoms. The smallest absolute Gasteiger partial charge is 0.304 e. The third-order valence-corrected chi connectivity index (χ3v) is 9.15. The van der Waals surface area contributed by atoms with E-state index in [9.17, 15) is 22.4 Å². The highest BCUT2D eigenvalue weighted by Crippen LogP contribution is 2.25. The van der Waals surface area contributed by atoms with Gasteiger partial charge < -0.3 is 10.2 Å². The molecule has 1 aliphatic rings. The Hall–Kier alpha value is -2.40. The Morgan fingerprint density at radius 2 is 1.66 bits per heavy atom. The van der Waals surface area contributed by atoms with Crippen LogP contribution >= 0.6 is 23.2 Å². The summed E-state index contributed by atoms with van der Waals surface area (Å²) in [5.74, 6) is -1.48.